The smallest absolute Gasteiger partial charge is 0.219 e. The highest BCUT2D eigenvalue weighted by Crippen LogP contribution is 2.20. The first-order valence-electron chi connectivity index (χ1n) is 5.37. The monoisotopic (exact) mass is 243 g/mol. The Balaban J connectivity index is 2.22. The highest BCUT2D eigenvalue weighted by molar-refractivity contribution is 5.97. The third-order valence-corrected chi connectivity index (χ3v) is 2.34. The average molecular weight is 243 g/mol. The molecule has 0 aliphatic heterocycles. The van der Waals surface area contributed by atoms with Crippen molar-refractivity contribution < 1.29 is 9.94 Å². The number of oxime groups is 1. The zero-order valence-corrected chi connectivity index (χ0v) is 9.87. The van der Waals surface area contributed by atoms with Crippen LogP contribution in [0, 0.1) is 6.92 Å². The van der Waals surface area contributed by atoms with Gasteiger partial charge in [-0.05, 0) is 24.6 Å². The van der Waals surface area contributed by atoms with Crippen molar-refractivity contribution >= 4 is 5.84 Å². The van der Waals surface area contributed by atoms with Crippen LogP contribution in [0.2, 0.25) is 0 Å². The summed E-state index contributed by atoms with van der Waals surface area (Å²) < 4.78 is 5.57. The molecule has 3 N–H and O–H groups in total. The lowest BCUT2D eigenvalue weighted by molar-refractivity contribution is 0.318. The maximum Gasteiger partial charge on any atom is 0.219 e. The summed E-state index contributed by atoms with van der Waals surface area (Å²) in [4.78, 5) is 4.14. The minimum Gasteiger partial charge on any atom is -0.439 e. The second kappa shape index (κ2) is 5.18. The molecule has 1 aromatic heterocycles. The minimum absolute atomic E-state index is 0.0392. The molecule has 5 nitrogen and oxygen atoms in total. The van der Waals surface area contributed by atoms with Gasteiger partial charge in [0.25, 0.3) is 0 Å². The van der Waals surface area contributed by atoms with E-state index in [-0.39, 0.29) is 5.84 Å². The van der Waals surface area contributed by atoms with Gasteiger partial charge in [0, 0.05) is 17.8 Å². The topological polar surface area (TPSA) is 80.7 Å². The number of aryl methyl sites for hydroxylation is 1. The third kappa shape index (κ3) is 2.76. The van der Waals surface area contributed by atoms with E-state index in [2.05, 4.69) is 10.1 Å². The van der Waals surface area contributed by atoms with E-state index in [0.29, 0.717) is 17.2 Å². The normalized spacial score (nSPS) is 11.3. The van der Waals surface area contributed by atoms with Gasteiger partial charge in [0.1, 0.15) is 5.75 Å². The number of rotatable bonds is 3. The maximum absolute atomic E-state index is 8.61. The molecule has 0 radical (unpaired) electrons. The molecule has 18 heavy (non-hydrogen) atoms. The van der Waals surface area contributed by atoms with Crippen molar-refractivity contribution in [2.75, 3.05) is 0 Å². The van der Waals surface area contributed by atoms with Gasteiger partial charge >= 0.3 is 0 Å². The molecule has 0 aliphatic carbocycles. The fraction of sp³-hybridized carbons (Fsp3) is 0.0769. The standard InChI is InChI=1S/C13H13N3O2/c1-9-5-6-12(15-8-9)18-11-4-2-3-10(7-11)13(14)16-17/h2-8,17H,1H3,(H2,14,16). The number of pyridine rings is 1. The molecular formula is C13H13N3O2. The first-order valence-corrected chi connectivity index (χ1v) is 5.37. The van der Waals surface area contributed by atoms with Gasteiger partial charge in [-0.3, -0.25) is 0 Å². The molecule has 0 atom stereocenters. The Kier molecular flexibility index (Phi) is 3.43. The molecule has 1 heterocycles. The molecule has 92 valence electrons. The Morgan fingerprint density at radius 3 is 2.83 bits per heavy atom. The van der Waals surface area contributed by atoms with Crippen LogP contribution in [0.25, 0.3) is 0 Å². The van der Waals surface area contributed by atoms with Crippen LogP contribution < -0.4 is 10.5 Å². The second-order valence-corrected chi connectivity index (χ2v) is 3.79. The van der Waals surface area contributed by atoms with E-state index in [1.165, 1.54) is 0 Å². The van der Waals surface area contributed by atoms with Crippen LogP contribution in [0.5, 0.6) is 11.6 Å². The molecule has 0 saturated carbocycles. The molecule has 0 bridgehead atoms. The van der Waals surface area contributed by atoms with Gasteiger partial charge in [-0.25, -0.2) is 4.98 Å². The van der Waals surface area contributed by atoms with Crippen molar-refractivity contribution in [3.05, 3.63) is 53.7 Å². The number of benzene rings is 1. The van der Waals surface area contributed by atoms with E-state index in [4.69, 9.17) is 15.7 Å². The molecule has 0 spiro atoms. The van der Waals surface area contributed by atoms with Crippen molar-refractivity contribution in [2.24, 2.45) is 10.9 Å². The van der Waals surface area contributed by atoms with Crippen LogP contribution in [-0.2, 0) is 0 Å². The summed E-state index contributed by atoms with van der Waals surface area (Å²) in [5, 5.41) is 11.6. The summed E-state index contributed by atoms with van der Waals surface area (Å²) in [5.41, 5.74) is 7.15. The number of ether oxygens (including phenoxy) is 1. The quantitative estimate of drug-likeness (QED) is 0.375. The van der Waals surface area contributed by atoms with Crippen molar-refractivity contribution in [3.63, 3.8) is 0 Å². The van der Waals surface area contributed by atoms with E-state index >= 15 is 0 Å². The van der Waals surface area contributed by atoms with Gasteiger partial charge in [0.15, 0.2) is 5.84 Å². The lowest BCUT2D eigenvalue weighted by Gasteiger charge is -2.06. The van der Waals surface area contributed by atoms with Crippen LogP contribution in [0.15, 0.2) is 47.8 Å². The first-order chi connectivity index (χ1) is 8.69. The molecule has 1 aromatic carbocycles. The molecule has 0 aliphatic rings. The summed E-state index contributed by atoms with van der Waals surface area (Å²) in [6, 6.07) is 10.6. The lowest BCUT2D eigenvalue weighted by Crippen LogP contribution is -2.12. The fourth-order valence-corrected chi connectivity index (χ4v) is 1.41. The summed E-state index contributed by atoms with van der Waals surface area (Å²) in [5.74, 6) is 1.12. The van der Waals surface area contributed by atoms with Gasteiger partial charge < -0.3 is 15.7 Å². The molecule has 5 heteroatoms. The van der Waals surface area contributed by atoms with E-state index in [0.717, 1.165) is 5.56 Å². The number of nitrogens with zero attached hydrogens (tertiary/aromatic N) is 2. The summed E-state index contributed by atoms with van der Waals surface area (Å²) in [6.45, 7) is 1.95. The molecule has 0 amide bonds. The predicted octanol–water partition coefficient (Wildman–Crippen LogP) is 2.28. The van der Waals surface area contributed by atoms with Gasteiger partial charge in [-0.1, -0.05) is 23.4 Å². The van der Waals surface area contributed by atoms with Crippen molar-refractivity contribution in [3.8, 4) is 11.6 Å². The molecule has 0 fully saturated rings. The number of aromatic nitrogens is 1. The average Bonchev–Trinajstić information content (AvgIpc) is 2.41. The highest BCUT2D eigenvalue weighted by Gasteiger charge is 2.03. The van der Waals surface area contributed by atoms with E-state index in [9.17, 15) is 0 Å². The highest BCUT2D eigenvalue weighted by atomic mass is 16.5. The number of hydrogen-bond donors (Lipinski definition) is 2. The van der Waals surface area contributed by atoms with Crippen LogP contribution in [0.3, 0.4) is 0 Å². The second-order valence-electron chi connectivity index (χ2n) is 3.79. The molecule has 2 aromatic rings. The van der Waals surface area contributed by atoms with E-state index in [1.807, 2.05) is 13.0 Å². The van der Waals surface area contributed by atoms with Crippen LogP contribution in [0.4, 0.5) is 0 Å². The van der Waals surface area contributed by atoms with Crippen molar-refractivity contribution in [1.82, 2.24) is 4.98 Å². The molecule has 0 saturated heterocycles. The summed E-state index contributed by atoms with van der Waals surface area (Å²) >= 11 is 0. The minimum atomic E-state index is 0.0392. The van der Waals surface area contributed by atoms with Gasteiger partial charge in [-0.15, -0.1) is 0 Å². The van der Waals surface area contributed by atoms with Crippen LogP contribution in [-0.4, -0.2) is 16.0 Å². The number of hydrogen-bond acceptors (Lipinski definition) is 4. The first kappa shape index (κ1) is 11.9. The Morgan fingerprint density at radius 2 is 2.17 bits per heavy atom. The number of amidine groups is 1. The van der Waals surface area contributed by atoms with Crippen molar-refractivity contribution in [1.29, 1.82) is 0 Å². The Morgan fingerprint density at radius 1 is 1.33 bits per heavy atom. The van der Waals surface area contributed by atoms with Gasteiger partial charge in [-0.2, -0.15) is 0 Å². The van der Waals surface area contributed by atoms with Gasteiger partial charge in [0.2, 0.25) is 5.88 Å². The molecule has 0 unspecified atom stereocenters. The third-order valence-electron chi connectivity index (χ3n) is 2.34. The van der Waals surface area contributed by atoms with E-state index in [1.54, 1.807) is 36.5 Å². The zero-order chi connectivity index (χ0) is 13.0. The lowest BCUT2D eigenvalue weighted by atomic mass is 10.2. The molecular weight excluding hydrogens is 230 g/mol. The predicted molar refractivity (Wildman–Crippen MR) is 68.0 cm³/mol. The Labute approximate surface area is 105 Å². The fourth-order valence-electron chi connectivity index (χ4n) is 1.41. The molecule has 2 rings (SSSR count). The Hall–Kier alpha value is -2.56. The largest absolute Gasteiger partial charge is 0.439 e. The van der Waals surface area contributed by atoms with Crippen LogP contribution in [0.1, 0.15) is 11.1 Å². The van der Waals surface area contributed by atoms with Gasteiger partial charge in [0.05, 0.1) is 0 Å². The number of nitrogens with two attached hydrogens (primary N) is 1. The Bertz CT molecular complexity index is 565. The SMILES string of the molecule is Cc1ccc(Oc2cccc(/C(N)=N/O)c2)nc1. The summed E-state index contributed by atoms with van der Waals surface area (Å²) in [6.07, 6.45) is 1.72. The summed E-state index contributed by atoms with van der Waals surface area (Å²) in [7, 11) is 0. The van der Waals surface area contributed by atoms with Crippen LogP contribution >= 0.6 is 0 Å². The van der Waals surface area contributed by atoms with E-state index < -0.39 is 0 Å². The zero-order valence-electron chi connectivity index (χ0n) is 9.87. The maximum atomic E-state index is 8.61. The van der Waals surface area contributed by atoms with Crippen molar-refractivity contribution in [2.45, 2.75) is 6.92 Å².